The fourth-order valence-corrected chi connectivity index (χ4v) is 2.56. The third kappa shape index (κ3) is 2.88. The molecule has 0 aliphatic carbocycles. The van der Waals surface area contributed by atoms with Gasteiger partial charge in [0, 0.05) is 38.2 Å². The van der Waals surface area contributed by atoms with Crippen molar-refractivity contribution in [2.45, 2.75) is 33.1 Å². The van der Waals surface area contributed by atoms with Gasteiger partial charge in [0.15, 0.2) is 0 Å². The third-order valence-electron chi connectivity index (χ3n) is 4.43. The molecule has 0 saturated carbocycles. The average molecular weight is 261 g/mol. The molecule has 1 saturated heterocycles. The molecule has 4 nitrogen and oxygen atoms in total. The number of hydrogen-bond donors (Lipinski definition) is 1. The summed E-state index contributed by atoms with van der Waals surface area (Å²) < 4.78 is 0. The molecule has 4 heteroatoms. The van der Waals surface area contributed by atoms with Crippen LogP contribution in [0.3, 0.4) is 0 Å². The monoisotopic (exact) mass is 261 g/mol. The van der Waals surface area contributed by atoms with Gasteiger partial charge in [-0.1, -0.05) is 20.3 Å². The second-order valence-electron chi connectivity index (χ2n) is 5.63. The fourth-order valence-electron chi connectivity index (χ4n) is 2.56. The van der Waals surface area contributed by atoms with E-state index in [2.05, 4.69) is 24.1 Å². The van der Waals surface area contributed by atoms with Gasteiger partial charge in [0.05, 0.1) is 5.56 Å². The van der Waals surface area contributed by atoms with Crippen LogP contribution in [-0.2, 0) is 0 Å². The van der Waals surface area contributed by atoms with E-state index in [1.165, 1.54) is 6.42 Å². The van der Waals surface area contributed by atoms with E-state index in [-0.39, 0.29) is 5.91 Å². The smallest absolute Gasteiger partial charge is 0.257 e. The molecule has 0 unspecified atom stereocenters. The molecule has 1 amide bonds. The molecule has 1 aromatic rings. The van der Waals surface area contributed by atoms with Gasteiger partial charge in [0.2, 0.25) is 0 Å². The van der Waals surface area contributed by atoms with Crippen molar-refractivity contribution in [1.82, 2.24) is 9.88 Å². The fraction of sp³-hybridized carbons (Fsp3) is 0.600. The van der Waals surface area contributed by atoms with Crippen molar-refractivity contribution in [3.8, 4) is 0 Å². The molecule has 0 spiro atoms. The number of anilines is 1. The van der Waals surface area contributed by atoms with Gasteiger partial charge >= 0.3 is 0 Å². The van der Waals surface area contributed by atoms with Crippen LogP contribution in [0.15, 0.2) is 18.5 Å². The Labute approximate surface area is 115 Å². The summed E-state index contributed by atoms with van der Waals surface area (Å²) in [5.74, 6) is 0.0932. The standard InChI is InChI=1S/C15H23N3O/c1-4-15(2)6-9-18(10-7-15)14(19)12-11-17-8-5-13(12)16-3/h5,8,11H,4,6-7,9-10H2,1-3H3,(H,16,17). The number of nitrogens with one attached hydrogen (secondary N) is 1. The highest BCUT2D eigenvalue weighted by atomic mass is 16.2. The summed E-state index contributed by atoms with van der Waals surface area (Å²) in [6.07, 6.45) is 6.72. The Kier molecular flexibility index (Phi) is 4.08. The maximum atomic E-state index is 12.5. The lowest BCUT2D eigenvalue weighted by Crippen LogP contribution is -2.42. The average Bonchev–Trinajstić information content (AvgIpc) is 2.47. The quantitative estimate of drug-likeness (QED) is 0.910. The maximum Gasteiger partial charge on any atom is 0.257 e. The number of aromatic nitrogens is 1. The molecule has 1 aromatic heterocycles. The van der Waals surface area contributed by atoms with Crippen molar-refractivity contribution in [2.75, 3.05) is 25.5 Å². The second kappa shape index (κ2) is 5.59. The Hall–Kier alpha value is -1.58. The second-order valence-corrected chi connectivity index (χ2v) is 5.63. The van der Waals surface area contributed by atoms with Crippen LogP contribution in [0.4, 0.5) is 5.69 Å². The highest BCUT2D eigenvalue weighted by Crippen LogP contribution is 2.34. The molecule has 0 bridgehead atoms. The molecule has 1 aliphatic heterocycles. The van der Waals surface area contributed by atoms with Crippen LogP contribution in [0.2, 0.25) is 0 Å². The molecule has 19 heavy (non-hydrogen) atoms. The minimum atomic E-state index is 0.0932. The van der Waals surface area contributed by atoms with Crippen LogP contribution < -0.4 is 5.32 Å². The minimum Gasteiger partial charge on any atom is -0.387 e. The first kappa shape index (κ1) is 13.8. The molecule has 0 atom stereocenters. The summed E-state index contributed by atoms with van der Waals surface area (Å²) in [5, 5.41) is 3.06. The lowest BCUT2D eigenvalue weighted by molar-refractivity contribution is 0.0601. The molecule has 2 heterocycles. The number of likely N-dealkylation sites (tertiary alicyclic amines) is 1. The maximum absolute atomic E-state index is 12.5. The molecular weight excluding hydrogens is 238 g/mol. The van der Waals surface area contributed by atoms with Gasteiger partial charge in [-0.2, -0.15) is 0 Å². The molecule has 1 N–H and O–H groups in total. The van der Waals surface area contributed by atoms with E-state index in [0.717, 1.165) is 31.6 Å². The zero-order chi connectivity index (χ0) is 13.9. The number of pyridine rings is 1. The van der Waals surface area contributed by atoms with Crippen molar-refractivity contribution in [3.63, 3.8) is 0 Å². The lowest BCUT2D eigenvalue weighted by atomic mass is 9.78. The Morgan fingerprint density at radius 3 is 2.74 bits per heavy atom. The Bertz CT molecular complexity index is 450. The van der Waals surface area contributed by atoms with Gasteiger partial charge in [-0.3, -0.25) is 9.78 Å². The minimum absolute atomic E-state index is 0.0932. The number of nitrogens with zero attached hydrogens (tertiary/aromatic N) is 2. The Morgan fingerprint density at radius 2 is 2.16 bits per heavy atom. The SMILES string of the molecule is CCC1(C)CCN(C(=O)c2cnccc2NC)CC1. The zero-order valence-corrected chi connectivity index (χ0v) is 12.1. The van der Waals surface area contributed by atoms with Crippen LogP contribution in [0.5, 0.6) is 0 Å². The van der Waals surface area contributed by atoms with E-state index in [4.69, 9.17) is 0 Å². The first-order valence-corrected chi connectivity index (χ1v) is 7.01. The number of amides is 1. The topological polar surface area (TPSA) is 45.2 Å². The van der Waals surface area contributed by atoms with Crippen molar-refractivity contribution in [3.05, 3.63) is 24.0 Å². The van der Waals surface area contributed by atoms with Crippen molar-refractivity contribution in [2.24, 2.45) is 5.41 Å². The summed E-state index contributed by atoms with van der Waals surface area (Å²) in [6.45, 7) is 6.25. The summed E-state index contributed by atoms with van der Waals surface area (Å²) in [4.78, 5) is 18.5. The lowest BCUT2D eigenvalue weighted by Gasteiger charge is -2.39. The van der Waals surface area contributed by atoms with Gasteiger partial charge in [-0.25, -0.2) is 0 Å². The summed E-state index contributed by atoms with van der Waals surface area (Å²) >= 11 is 0. The third-order valence-corrected chi connectivity index (χ3v) is 4.43. The van der Waals surface area contributed by atoms with E-state index in [0.29, 0.717) is 11.0 Å². The van der Waals surface area contributed by atoms with Gasteiger partial charge in [0.1, 0.15) is 0 Å². The first-order chi connectivity index (χ1) is 9.09. The van der Waals surface area contributed by atoms with Crippen LogP contribution >= 0.6 is 0 Å². The highest BCUT2D eigenvalue weighted by Gasteiger charge is 2.31. The van der Waals surface area contributed by atoms with Crippen LogP contribution in [-0.4, -0.2) is 35.9 Å². The van der Waals surface area contributed by atoms with E-state index in [9.17, 15) is 4.79 Å². The molecule has 0 radical (unpaired) electrons. The Balaban J connectivity index is 2.09. The molecule has 2 rings (SSSR count). The predicted octanol–water partition coefficient (Wildman–Crippen LogP) is 2.78. The van der Waals surface area contributed by atoms with Crippen molar-refractivity contribution >= 4 is 11.6 Å². The zero-order valence-electron chi connectivity index (χ0n) is 12.1. The molecule has 1 aliphatic rings. The van der Waals surface area contributed by atoms with Crippen molar-refractivity contribution in [1.29, 1.82) is 0 Å². The van der Waals surface area contributed by atoms with Crippen LogP contribution in [0, 0.1) is 5.41 Å². The van der Waals surface area contributed by atoms with Crippen LogP contribution in [0.25, 0.3) is 0 Å². The normalized spacial score (nSPS) is 18.2. The van der Waals surface area contributed by atoms with Crippen LogP contribution in [0.1, 0.15) is 43.5 Å². The summed E-state index contributed by atoms with van der Waals surface area (Å²) in [6, 6.07) is 1.84. The van der Waals surface area contributed by atoms with Gasteiger partial charge < -0.3 is 10.2 Å². The van der Waals surface area contributed by atoms with Gasteiger partial charge in [0.25, 0.3) is 5.91 Å². The first-order valence-electron chi connectivity index (χ1n) is 7.01. The van der Waals surface area contributed by atoms with E-state index in [1.807, 2.05) is 18.0 Å². The van der Waals surface area contributed by atoms with Crippen molar-refractivity contribution < 1.29 is 4.79 Å². The van der Waals surface area contributed by atoms with Gasteiger partial charge in [-0.05, 0) is 24.3 Å². The number of carbonyl (C=O) groups is 1. The van der Waals surface area contributed by atoms with Gasteiger partial charge in [-0.15, -0.1) is 0 Å². The molecule has 1 fully saturated rings. The molecular formula is C15H23N3O. The van der Waals surface area contributed by atoms with E-state index >= 15 is 0 Å². The largest absolute Gasteiger partial charge is 0.387 e. The summed E-state index contributed by atoms with van der Waals surface area (Å²) in [5.41, 5.74) is 1.92. The Morgan fingerprint density at radius 1 is 1.47 bits per heavy atom. The molecule has 104 valence electrons. The number of hydrogen-bond acceptors (Lipinski definition) is 3. The molecule has 0 aromatic carbocycles. The predicted molar refractivity (Wildman–Crippen MR) is 77.3 cm³/mol. The number of carbonyl (C=O) groups excluding carboxylic acids is 1. The summed E-state index contributed by atoms with van der Waals surface area (Å²) in [7, 11) is 1.83. The number of rotatable bonds is 3. The van der Waals surface area contributed by atoms with E-state index < -0.39 is 0 Å². The highest BCUT2D eigenvalue weighted by molar-refractivity contribution is 5.99. The number of piperidine rings is 1. The van der Waals surface area contributed by atoms with E-state index in [1.54, 1.807) is 12.4 Å².